The molecule has 4 aliphatic carbocycles. The molecule has 0 saturated heterocycles. The second-order valence-electron chi connectivity index (χ2n) is 11.4. The maximum atomic E-state index is 15.3. The molecule has 8 nitrogen and oxygen atoms in total. The fourth-order valence-electron chi connectivity index (χ4n) is 7.23. The number of nitrogens with one attached hydrogen (secondary N) is 3. The Morgan fingerprint density at radius 2 is 1.82 bits per heavy atom. The number of carbonyl (C=O) groups excluding carboxylic acids is 2. The van der Waals surface area contributed by atoms with Crippen molar-refractivity contribution in [2.45, 2.75) is 38.2 Å². The van der Waals surface area contributed by atoms with E-state index in [2.05, 4.69) is 25.6 Å². The first-order valence-electron chi connectivity index (χ1n) is 13.4. The van der Waals surface area contributed by atoms with E-state index in [1.165, 1.54) is 6.07 Å². The SMILES string of the molecule is O=C(Nc1ccccn1)c1ccc2nc(-c3ccc(NC(=O)C45CC6C[C@H](C4)C(O)[C@@H](C6)C5)cc3F)[nH]c2c1. The second kappa shape index (κ2) is 8.98. The average Bonchev–Trinajstić information content (AvgIpc) is 3.35. The molecular weight excluding hydrogens is 497 g/mol. The number of aromatic nitrogens is 3. The lowest BCUT2D eigenvalue weighted by Gasteiger charge is -2.57. The number of H-pyrrole nitrogens is 1. The van der Waals surface area contributed by atoms with Gasteiger partial charge in [0.15, 0.2) is 0 Å². The first-order chi connectivity index (χ1) is 18.9. The van der Waals surface area contributed by atoms with Gasteiger partial charge in [-0.3, -0.25) is 9.59 Å². The zero-order chi connectivity index (χ0) is 26.7. The summed E-state index contributed by atoms with van der Waals surface area (Å²) in [6.07, 6.45) is 5.56. The van der Waals surface area contributed by atoms with Crippen molar-refractivity contribution in [2.75, 3.05) is 10.6 Å². The minimum Gasteiger partial charge on any atom is -0.393 e. The number of halogens is 1. The van der Waals surface area contributed by atoms with Crippen LogP contribution in [-0.2, 0) is 4.79 Å². The van der Waals surface area contributed by atoms with Crippen molar-refractivity contribution in [3.8, 4) is 11.4 Å². The maximum Gasteiger partial charge on any atom is 0.256 e. The van der Waals surface area contributed by atoms with Gasteiger partial charge in [-0.05, 0) is 98.4 Å². The van der Waals surface area contributed by atoms with E-state index in [4.69, 9.17) is 0 Å². The zero-order valence-corrected chi connectivity index (χ0v) is 21.2. The highest BCUT2D eigenvalue weighted by molar-refractivity contribution is 6.05. The number of benzene rings is 2. The number of rotatable bonds is 5. The van der Waals surface area contributed by atoms with Crippen LogP contribution in [0.15, 0.2) is 60.8 Å². The zero-order valence-electron chi connectivity index (χ0n) is 21.2. The third-order valence-corrected chi connectivity index (χ3v) is 8.84. The summed E-state index contributed by atoms with van der Waals surface area (Å²) in [5.74, 6) is 0.756. The molecule has 4 bridgehead atoms. The van der Waals surface area contributed by atoms with Crippen LogP contribution in [0.25, 0.3) is 22.4 Å². The number of anilines is 2. The van der Waals surface area contributed by atoms with E-state index >= 15 is 4.39 Å². The van der Waals surface area contributed by atoms with Gasteiger partial charge in [0, 0.05) is 17.4 Å². The van der Waals surface area contributed by atoms with Crippen LogP contribution in [0, 0.1) is 29.0 Å². The Balaban J connectivity index is 1.09. The molecule has 9 heteroatoms. The Morgan fingerprint density at radius 1 is 1.00 bits per heavy atom. The van der Waals surface area contributed by atoms with E-state index in [9.17, 15) is 14.7 Å². The summed E-state index contributed by atoms with van der Waals surface area (Å²) in [4.78, 5) is 37.7. The first kappa shape index (κ1) is 24.0. The molecule has 39 heavy (non-hydrogen) atoms. The summed E-state index contributed by atoms with van der Waals surface area (Å²) >= 11 is 0. The average molecular weight is 526 g/mol. The fraction of sp³-hybridized carbons (Fsp3) is 0.333. The van der Waals surface area contributed by atoms with Gasteiger partial charge in [0.1, 0.15) is 17.5 Å². The van der Waals surface area contributed by atoms with Crippen LogP contribution < -0.4 is 10.6 Å². The molecule has 0 radical (unpaired) electrons. The molecule has 198 valence electrons. The van der Waals surface area contributed by atoms with Crippen molar-refractivity contribution in [1.82, 2.24) is 15.0 Å². The number of hydrogen-bond acceptors (Lipinski definition) is 5. The molecule has 4 aliphatic rings. The molecule has 8 rings (SSSR count). The number of amides is 2. The molecule has 0 aliphatic heterocycles. The number of aromatic amines is 1. The van der Waals surface area contributed by atoms with Crippen molar-refractivity contribution in [2.24, 2.45) is 23.2 Å². The van der Waals surface area contributed by atoms with Gasteiger partial charge in [-0.15, -0.1) is 0 Å². The van der Waals surface area contributed by atoms with E-state index in [-0.39, 0.29) is 35.3 Å². The van der Waals surface area contributed by atoms with E-state index in [1.54, 1.807) is 54.7 Å². The van der Waals surface area contributed by atoms with Crippen LogP contribution >= 0.6 is 0 Å². The summed E-state index contributed by atoms with van der Waals surface area (Å²) in [7, 11) is 0. The van der Waals surface area contributed by atoms with Crippen molar-refractivity contribution in [3.05, 3.63) is 72.2 Å². The smallest absolute Gasteiger partial charge is 0.256 e. The highest BCUT2D eigenvalue weighted by Gasteiger charge is 2.58. The number of pyridine rings is 1. The number of carbonyl (C=O) groups is 2. The summed E-state index contributed by atoms with van der Waals surface area (Å²) in [6.45, 7) is 0. The molecule has 4 saturated carbocycles. The molecule has 0 spiro atoms. The van der Waals surface area contributed by atoms with Crippen LogP contribution in [0.3, 0.4) is 0 Å². The predicted octanol–water partition coefficient (Wildman–Crippen LogP) is 5.14. The Hall–Kier alpha value is -4.11. The Bertz CT molecular complexity index is 1590. The number of aliphatic hydroxyl groups is 1. The summed E-state index contributed by atoms with van der Waals surface area (Å²) in [6, 6.07) is 14.9. The standard InChI is InChI=1S/C30H28FN5O3/c31-22-12-20(33-29(39)30-13-16-9-18(14-30)26(37)19(10-16)15-30)5-6-21(22)27-34-23-7-4-17(11-24(23)35-27)28(38)36-25-3-1-2-8-32-25/h1-8,11-12,16,18-19,26,37H,9-10,13-15H2,(H,33,39)(H,34,35)(H,32,36,38)/t16?,18-,19+,26?,30?. The van der Waals surface area contributed by atoms with Crippen molar-refractivity contribution >= 4 is 34.4 Å². The minimum absolute atomic E-state index is 0.0683. The normalized spacial score (nSPS) is 27.0. The van der Waals surface area contributed by atoms with Crippen LogP contribution in [0.5, 0.6) is 0 Å². The number of imidazole rings is 1. The van der Waals surface area contributed by atoms with Gasteiger partial charge in [-0.2, -0.15) is 0 Å². The second-order valence-corrected chi connectivity index (χ2v) is 11.4. The molecule has 4 fully saturated rings. The van der Waals surface area contributed by atoms with Crippen LogP contribution in [0.4, 0.5) is 15.9 Å². The number of nitrogens with zero attached hydrogens (tertiary/aromatic N) is 2. The summed E-state index contributed by atoms with van der Waals surface area (Å²) < 4.78 is 15.3. The first-order valence-corrected chi connectivity index (χ1v) is 13.4. The van der Waals surface area contributed by atoms with Gasteiger partial charge in [0.25, 0.3) is 5.91 Å². The van der Waals surface area contributed by atoms with Crippen LogP contribution in [0.1, 0.15) is 42.5 Å². The lowest BCUT2D eigenvalue weighted by Crippen LogP contribution is -2.57. The molecule has 4 aromatic rings. The molecule has 2 aromatic carbocycles. The van der Waals surface area contributed by atoms with E-state index in [0.29, 0.717) is 52.7 Å². The van der Waals surface area contributed by atoms with Gasteiger partial charge >= 0.3 is 0 Å². The largest absolute Gasteiger partial charge is 0.393 e. The fourth-order valence-corrected chi connectivity index (χ4v) is 7.23. The highest BCUT2D eigenvalue weighted by atomic mass is 19.1. The quantitative estimate of drug-likeness (QED) is 0.288. The molecule has 5 atom stereocenters. The molecule has 3 unspecified atom stereocenters. The van der Waals surface area contributed by atoms with Crippen molar-refractivity contribution < 1.29 is 19.1 Å². The lowest BCUT2D eigenvalue weighted by atomic mass is 9.48. The molecule has 2 heterocycles. The van der Waals surface area contributed by atoms with Gasteiger partial charge in [0.2, 0.25) is 5.91 Å². The Kier molecular flexibility index (Phi) is 5.52. The molecule has 2 amide bonds. The number of fused-ring (bicyclic) bond motifs is 1. The number of aliphatic hydroxyl groups excluding tert-OH is 1. The van der Waals surface area contributed by atoms with Gasteiger partial charge in [0.05, 0.1) is 28.1 Å². The molecule has 4 N–H and O–H groups in total. The third kappa shape index (κ3) is 4.17. The van der Waals surface area contributed by atoms with Gasteiger partial charge < -0.3 is 20.7 Å². The highest BCUT2D eigenvalue weighted by Crippen LogP contribution is 2.60. The van der Waals surface area contributed by atoms with E-state index in [1.807, 2.05) is 0 Å². The van der Waals surface area contributed by atoms with Crippen molar-refractivity contribution in [1.29, 1.82) is 0 Å². The van der Waals surface area contributed by atoms with E-state index < -0.39 is 11.2 Å². The molecular formula is C30H28FN5O3. The molecule has 2 aromatic heterocycles. The van der Waals surface area contributed by atoms with E-state index in [0.717, 1.165) is 19.3 Å². The third-order valence-electron chi connectivity index (χ3n) is 8.84. The number of hydrogen-bond donors (Lipinski definition) is 4. The van der Waals surface area contributed by atoms with Crippen LogP contribution in [0.2, 0.25) is 0 Å². The lowest BCUT2D eigenvalue weighted by molar-refractivity contribution is -0.158. The van der Waals surface area contributed by atoms with Crippen molar-refractivity contribution in [3.63, 3.8) is 0 Å². The summed E-state index contributed by atoms with van der Waals surface area (Å²) in [5.41, 5.74) is 1.81. The Labute approximate surface area is 224 Å². The minimum atomic E-state index is -0.513. The Morgan fingerprint density at radius 3 is 2.56 bits per heavy atom. The predicted molar refractivity (Wildman–Crippen MR) is 144 cm³/mol. The van der Waals surface area contributed by atoms with Gasteiger partial charge in [-0.25, -0.2) is 14.4 Å². The summed E-state index contributed by atoms with van der Waals surface area (Å²) in [5, 5.41) is 16.2. The maximum absolute atomic E-state index is 15.3. The van der Waals surface area contributed by atoms with Gasteiger partial charge in [-0.1, -0.05) is 6.07 Å². The monoisotopic (exact) mass is 525 g/mol. The topological polar surface area (TPSA) is 120 Å². The van der Waals surface area contributed by atoms with Crippen LogP contribution in [-0.4, -0.2) is 38.0 Å².